The van der Waals surface area contributed by atoms with E-state index in [1.54, 1.807) is 0 Å². The second-order valence-corrected chi connectivity index (χ2v) is 6.53. The highest BCUT2D eigenvalue weighted by molar-refractivity contribution is 5.74. The van der Waals surface area contributed by atoms with Crippen LogP contribution in [0.25, 0.3) is 0 Å². The Morgan fingerprint density at radius 1 is 1.16 bits per heavy atom. The first-order chi connectivity index (χ1) is 8.80. The largest absolute Gasteiger partial charge is 0.338 e. The number of rotatable bonds is 4. The Hall–Kier alpha value is -0.810. The predicted octanol–water partition coefficient (Wildman–Crippen LogP) is 1.06. The minimum Gasteiger partial charge on any atom is -0.338 e. The summed E-state index contributed by atoms with van der Waals surface area (Å²) in [7, 11) is 4.10. The predicted molar refractivity (Wildman–Crippen MR) is 79.5 cm³/mol. The SMILES string of the molecule is CN(C)CCCNC(=O)N1CCN(C(C)(C)C)CC1. The van der Waals surface area contributed by atoms with Gasteiger partial charge in [0.1, 0.15) is 0 Å². The first-order valence-corrected chi connectivity index (χ1v) is 7.23. The van der Waals surface area contributed by atoms with E-state index in [2.05, 4.69) is 35.9 Å². The summed E-state index contributed by atoms with van der Waals surface area (Å²) in [6.07, 6.45) is 1.00. The zero-order chi connectivity index (χ0) is 14.5. The van der Waals surface area contributed by atoms with E-state index in [-0.39, 0.29) is 11.6 Å². The zero-order valence-electron chi connectivity index (χ0n) is 13.2. The van der Waals surface area contributed by atoms with E-state index in [0.29, 0.717) is 0 Å². The minimum atomic E-state index is 0.0901. The van der Waals surface area contributed by atoms with Gasteiger partial charge in [0, 0.05) is 38.3 Å². The Labute approximate surface area is 117 Å². The van der Waals surface area contributed by atoms with Gasteiger partial charge in [-0.1, -0.05) is 0 Å². The molecule has 0 aromatic rings. The second-order valence-electron chi connectivity index (χ2n) is 6.53. The number of hydrogen-bond acceptors (Lipinski definition) is 3. The summed E-state index contributed by atoms with van der Waals surface area (Å²) in [6, 6.07) is 0.0901. The van der Waals surface area contributed by atoms with Crippen LogP contribution >= 0.6 is 0 Å². The van der Waals surface area contributed by atoms with Crippen LogP contribution in [0.15, 0.2) is 0 Å². The van der Waals surface area contributed by atoms with Crippen LogP contribution < -0.4 is 5.32 Å². The highest BCUT2D eigenvalue weighted by atomic mass is 16.2. The Kier molecular flexibility index (Phi) is 6.07. The number of hydrogen-bond donors (Lipinski definition) is 1. The quantitative estimate of drug-likeness (QED) is 0.777. The van der Waals surface area contributed by atoms with Gasteiger partial charge in [0.05, 0.1) is 0 Å². The summed E-state index contributed by atoms with van der Waals surface area (Å²) >= 11 is 0. The molecule has 5 heteroatoms. The number of carbonyl (C=O) groups is 1. The highest BCUT2D eigenvalue weighted by Gasteiger charge is 2.27. The van der Waals surface area contributed by atoms with Crippen molar-refractivity contribution in [3.05, 3.63) is 0 Å². The lowest BCUT2D eigenvalue weighted by Gasteiger charge is -2.42. The Morgan fingerprint density at radius 2 is 1.74 bits per heavy atom. The molecular weight excluding hydrogens is 240 g/mol. The molecule has 0 bridgehead atoms. The summed E-state index contributed by atoms with van der Waals surface area (Å²) in [6.45, 7) is 12.0. The standard InChI is InChI=1S/C14H30N4O/c1-14(2,3)18-11-9-17(10-12-18)13(19)15-7-6-8-16(4)5/h6-12H2,1-5H3,(H,15,19). The lowest BCUT2D eigenvalue weighted by molar-refractivity contribution is 0.0743. The molecule has 0 aliphatic carbocycles. The van der Waals surface area contributed by atoms with Gasteiger partial charge < -0.3 is 15.1 Å². The number of carbonyl (C=O) groups excluding carboxylic acids is 1. The molecule has 0 unspecified atom stereocenters. The normalized spacial score (nSPS) is 17.9. The smallest absolute Gasteiger partial charge is 0.317 e. The van der Waals surface area contributed by atoms with Crippen LogP contribution in [0.4, 0.5) is 4.79 Å². The first kappa shape index (κ1) is 16.2. The van der Waals surface area contributed by atoms with E-state index in [9.17, 15) is 4.79 Å². The van der Waals surface area contributed by atoms with E-state index >= 15 is 0 Å². The molecule has 1 N–H and O–H groups in total. The number of amides is 2. The van der Waals surface area contributed by atoms with Gasteiger partial charge in [0.15, 0.2) is 0 Å². The fraction of sp³-hybridized carbons (Fsp3) is 0.929. The molecule has 0 aromatic carbocycles. The summed E-state index contributed by atoms with van der Waals surface area (Å²) in [5.41, 5.74) is 0.203. The van der Waals surface area contributed by atoms with E-state index in [4.69, 9.17) is 0 Å². The lowest BCUT2D eigenvalue weighted by atomic mass is 10.1. The monoisotopic (exact) mass is 270 g/mol. The maximum absolute atomic E-state index is 12.0. The Bertz CT molecular complexity index is 278. The summed E-state index contributed by atoms with van der Waals surface area (Å²) < 4.78 is 0. The summed E-state index contributed by atoms with van der Waals surface area (Å²) in [5.74, 6) is 0. The topological polar surface area (TPSA) is 38.8 Å². The Balaban J connectivity index is 2.22. The summed E-state index contributed by atoms with van der Waals surface area (Å²) in [4.78, 5) is 18.5. The average Bonchev–Trinajstić information content (AvgIpc) is 2.33. The fourth-order valence-corrected chi connectivity index (χ4v) is 2.28. The van der Waals surface area contributed by atoms with Gasteiger partial charge in [-0.15, -0.1) is 0 Å². The van der Waals surface area contributed by atoms with Crippen LogP contribution in [0.2, 0.25) is 0 Å². The van der Waals surface area contributed by atoms with Gasteiger partial charge in [-0.05, 0) is 47.8 Å². The molecule has 112 valence electrons. The van der Waals surface area contributed by atoms with Crippen molar-refractivity contribution in [3.8, 4) is 0 Å². The zero-order valence-corrected chi connectivity index (χ0v) is 13.2. The van der Waals surface area contributed by atoms with Crippen LogP contribution in [0.5, 0.6) is 0 Å². The van der Waals surface area contributed by atoms with E-state index < -0.39 is 0 Å². The molecule has 0 saturated carbocycles. The van der Waals surface area contributed by atoms with Crippen molar-refractivity contribution < 1.29 is 4.79 Å². The maximum atomic E-state index is 12.0. The molecule has 1 aliphatic rings. The second kappa shape index (κ2) is 7.10. The molecule has 5 nitrogen and oxygen atoms in total. The third-order valence-corrected chi connectivity index (χ3v) is 3.57. The highest BCUT2D eigenvalue weighted by Crippen LogP contribution is 2.15. The number of nitrogens with zero attached hydrogens (tertiary/aromatic N) is 3. The molecule has 0 radical (unpaired) electrons. The van der Waals surface area contributed by atoms with E-state index in [0.717, 1.165) is 45.7 Å². The molecule has 1 rings (SSSR count). The molecule has 1 heterocycles. The maximum Gasteiger partial charge on any atom is 0.317 e. The first-order valence-electron chi connectivity index (χ1n) is 7.23. The van der Waals surface area contributed by atoms with Gasteiger partial charge in [-0.25, -0.2) is 4.79 Å². The van der Waals surface area contributed by atoms with Gasteiger partial charge in [-0.2, -0.15) is 0 Å². The van der Waals surface area contributed by atoms with Crippen LogP contribution in [0.1, 0.15) is 27.2 Å². The van der Waals surface area contributed by atoms with Crippen LogP contribution in [0.3, 0.4) is 0 Å². The Morgan fingerprint density at radius 3 is 2.21 bits per heavy atom. The number of nitrogens with one attached hydrogen (secondary N) is 1. The fourth-order valence-electron chi connectivity index (χ4n) is 2.28. The van der Waals surface area contributed by atoms with Gasteiger partial charge in [-0.3, -0.25) is 4.90 Å². The van der Waals surface area contributed by atoms with Crippen molar-refractivity contribution in [1.82, 2.24) is 20.0 Å². The molecular formula is C14H30N4O. The van der Waals surface area contributed by atoms with Gasteiger partial charge in [0.2, 0.25) is 0 Å². The molecule has 1 fully saturated rings. The van der Waals surface area contributed by atoms with Crippen LogP contribution in [-0.4, -0.2) is 79.6 Å². The van der Waals surface area contributed by atoms with E-state index in [1.165, 1.54) is 0 Å². The molecule has 0 atom stereocenters. The van der Waals surface area contributed by atoms with Crippen LogP contribution in [0, 0.1) is 0 Å². The van der Waals surface area contributed by atoms with Crippen molar-refractivity contribution >= 4 is 6.03 Å². The van der Waals surface area contributed by atoms with Crippen molar-refractivity contribution in [1.29, 1.82) is 0 Å². The molecule has 2 amide bonds. The summed E-state index contributed by atoms with van der Waals surface area (Å²) in [5, 5.41) is 3.00. The molecule has 1 aliphatic heterocycles. The van der Waals surface area contributed by atoms with E-state index in [1.807, 2.05) is 19.0 Å². The van der Waals surface area contributed by atoms with Crippen LogP contribution in [-0.2, 0) is 0 Å². The van der Waals surface area contributed by atoms with Crippen molar-refractivity contribution in [2.24, 2.45) is 0 Å². The lowest BCUT2D eigenvalue weighted by Crippen LogP contribution is -2.56. The average molecular weight is 270 g/mol. The van der Waals surface area contributed by atoms with Gasteiger partial charge >= 0.3 is 6.03 Å². The van der Waals surface area contributed by atoms with Crippen molar-refractivity contribution in [2.45, 2.75) is 32.7 Å². The molecule has 19 heavy (non-hydrogen) atoms. The number of urea groups is 1. The number of piperazine rings is 1. The minimum absolute atomic E-state index is 0.0901. The van der Waals surface area contributed by atoms with Crippen molar-refractivity contribution in [2.75, 3.05) is 53.4 Å². The molecule has 1 saturated heterocycles. The molecule has 0 aromatic heterocycles. The third kappa shape index (κ3) is 5.78. The van der Waals surface area contributed by atoms with Crippen molar-refractivity contribution in [3.63, 3.8) is 0 Å². The molecule has 0 spiro atoms. The van der Waals surface area contributed by atoms with Gasteiger partial charge in [0.25, 0.3) is 0 Å². The third-order valence-electron chi connectivity index (χ3n) is 3.57.